The van der Waals surface area contributed by atoms with Crippen molar-refractivity contribution in [2.75, 3.05) is 5.32 Å². The van der Waals surface area contributed by atoms with E-state index in [9.17, 15) is 14.7 Å². The van der Waals surface area contributed by atoms with E-state index in [1.807, 2.05) is 6.07 Å². The molecule has 5 rings (SSSR count). The molecule has 2 amide bonds. The van der Waals surface area contributed by atoms with Gasteiger partial charge in [-0.25, -0.2) is 4.39 Å². The molecule has 2 aromatic carbocycles. The van der Waals surface area contributed by atoms with Crippen LogP contribution in [0.1, 0.15) is 82.3 Å². The SMILES string of the molecule is CCCC1(CCC)NC(C(=O)NC2CCC(O)CC2)C(c2cccc(Cl)c2F)C12C(=O)Nc1cc(Cl)ccc12. The van der Waals surface area contributed by atoms with Gasteiger partial charge in [-0.15, -0.1) is 0 Å². The van der Waals surface area contributed by atoms with Gasteiger partial charge in [0.15, 0.2) is 0 Å². The molecule has 3 unspecified atom stereocenters. The van der Waals surface area contributed by atoms with Crippen LogP contribution < -0.4 is 16.0 Å². The number of benzene rings is 2. The van der Waals surface area contributed by atoms with E-state index < -0.39 is 28.7 Å². The van der Waals surface area contributed by atoms with Gasteiger partial charge >= 0.3 is 0 Å². The molecule has 1 saturated heterocycles. The lowest BCUT2D eigenvalue weighted by molar-refractivity contribution is -0.124. The summed E-state index contributed by atoms with van der Waals surface area (Å²) < 4.78 is 15.9. The van der Waals surface area contributed by atoms with Crippen LogP contribution in [0.4, 0.5) is 10.1 Å². The second-order valence-electron chi connectivity index (χ2n) is 11.3. The summed E-state index contributed by atoms with van der Waals surface area (Å²) in [5.41, 5.74) is -0.576. The van der Waals surface area contributed by atoms with Crippen molar-refractivity contribution in [2.24, 2.45) is 0 Å². The topological polar surface area (TPSA) is 90.5 Å². The van der Waals surface area contributed by atoms with Gasteiger partial charge in [-0.1, -0.05) is 68.1 Å². The molecule has 2 heterocycles. The van der Waals surface area contributed by atoms with Crippen molar-refractivity contribution < 1.29 is 19.1 Å². The van der Waals surface area contributed by atoms with Crippen LogP contribution in [0.25, 0.3) is 0 Å². The van der Waals surface area contributed by atoms with Gasteiger partial charge in [0.05, 0.1) is 17.2 Å². The van der Waals surface area contributed by atoms with Gasteiger partial charge in [0.1, 0.15) is 11.2 Å². The minimum absolute atomic E-state index is 0.0544. The quantitative estimate of drug-likeness (QED) is 0.334. The van der Waals surface area contributed by atoms with E-state index in [0.717, 1.165) is 12.8 Å². The number of amides is 2. The number of nitrogens with one attached hydrogen (secondary N) is 3. The van der Waals surface area contributed by atoms with Crippen molar-refractivity contribution in [3.63, 3.8) is 0 Å². The average molecular weight is 577 g/mol. The zero-order valence-electron chi connectivity index (χ0n) is 22.3. The fraction of sp³-hybridized carbons (Fsp3) is 0.533. The normalized spacial score (nSPS) is 29.3. The Morgan fingerprint density at radius 2 is 1.79 bits per heavy atom. The number of rotatable bonds is 7. The second-order valence-corrected chi connectivity index (χ2v) is 12.1. The average Bonchev–Trinajstić information content (AvgIpc) is 3.35. The molecule has 2 aliphatic heterocycles. The number of hydrogen-bond acceptors (Lipinski definition) is 4. The maximum atomic E-state index is 15.9. The van der Waals surface area contributed by atoms with Crippen molar-refractivity contribution in [1.82, 2.24) is 10.6 Å². The summed E-state index contributed by atoms with van der Waals surface area (Å²) >= 11 is 12.6. The first-order valence-corrected chi connectivity index (χ1v) is 14.8. The Morgan fingerprint density at radius 3 is 2.46 bits per heavy atom. The van der Waals surface area contributed by atoms with E-state index in [4.69, 9.17) is 23.2 Å². The minimum atomic E-state index is -1.28. The number of carbonyl (C=O) groups is 2. The molecule has 0 bridgehead atoms. The van der Waals surface area contributed by atoms with Crippen LogP contribution in [0.5, 0.6) is 0 Å². The summed E-state index contributed by atoms with van der Waals surface area (Å²) in [6.07, 6.45) is 4.93. The minimum Gasteiger partial charge on any atom is -0.393 e. The van der Waals surface area contributed by atoms with Crippen molar-refractivity contribution in [3.05, 3.63) is 63.4 Å². The van der Waals surface area contributed by atoms with Crippen LogP contribution in [0.3, 0.4) is 0 Å². The Balaban J connectivity index is 1.73. The zero-order valence-corrected chi connectivity index (χ0v) is 23.8. The predicted molar refractivity (Wildman–Crippen MR) is 152 cm³/mol. The van der Waals surface area contributed by atoms with Gasteiger partial charge in [-0.2, -0.15) is 0 Å². The summed E-state index contributed by atoms with van der Waals surface area (Å²) in [6.45, 7) is 4.11. The first kappa shape index (κ1) is 28.3. The Labute approximate surface area is 239 Å². The van der Waals surface area contributed by atoms with Gasteiger partial charge in [-0.05, 0) is 67.9 Å². The molecule has 0 aromatic heterocycles. The van der Waals surface area contributed by atoms with Gasteiger partial charge in [-0.3, -0.25) is 14.9 Å². The number of carbonyl (C=O) groups excluding carboxylic acids is 2. The van der Waals surface area contributed by atoms with Gasteiger partial charge in [0.25, 0.3) is 0 Å². The molecule has 1 aliphatic carbocycles. The molecule has 2 aromatic rings. The van der Waals surface area contributed by atoms with Crippen molar-refractivity contribution in [1.29, 1.82) is 0 Å². The molecular formula is C30H36Cl2FN3O3. The van der Waals surface area contributed by atoms with Crippen LogP contribution >= 0.6 is 23.2 Å². The lowest BCUT2D eigenvalue weighted by atomic mass is 9.56. The lowest BCUT2D eigenvalue weighted by Gasteiger charge is -2.45. The molecule has 2 fully saturated rings. The first-order chi connectivity index (χ1) is 18.7. The van der Waals surface area contributed by atoms with Gasteiger partial charge in [0.2, 0.25) is 11.8 Å². The Bertz CT molecular complexity index is 1260. The summed E-state index contributed by atoms with van der Waals surface area (Å²) in [6, 6.07) is 9.11. The van der Waals surface area contributed by atoms with Crippen LogP contribution in [0.2, 0.25) is 10.0 Å². The second kappa shape index (κ2) is 11.0. The van der Waals surface area contributed by atoms with E-state index in [2.05, 4.69) is 29.8 Å². The Kier molecular flexibility index (Phi) is 7.99. The highest BCUT2D eigenvalue weighted by Crippen LogP contribution is 2.61. The molecule has 1 saturated carbocycles. The van der Waals surface area contributed by atoms with Crippen molar-refractivity contribution >= 4 is 40.7 Å². The molecule has 9 heteroatoms. The third kappa shape index (κ3) is 4.55. The van der Waals surface area contributed by atoms with E-state index in [0.29, 0.717) is 54.8 Å². The third-order valence-electron chi connectivity index (χ3n) is 8.99. The van der Waals surface area contributed by atoms with Gasteiger partial charge in [0, 0.05) is 28.2 Å². The molecule has 6 nitrogen and oxygen atoms in total. The zero-order chi connectivity index (χ0) is 27.9. The number of aliphatic hydroxyl groups is 1. The highest BCUT2D eigenvalue weighted by molar-refractivity contribution is 6.31. The number of aliphatic hydroxyl groups excluding tert-OH is 1. The first-order valence-electron chi connectivity index (χ1n) is 14.0. The van der Waals surface area contributed by atoms with Crippen LogP contribution in [0, 0.1) is 5.82 Å². The predicted octanol–water partition coefficient (Wildman–Crippen LogP) is 5.84. The number of fused-ring (bicyclic) bond motifs is 2. The van der Waals surface area contributed by atoms with E-state index in [1.165, 1.54) is 6.07 Å². The van der Waals surface area contributed by atoms with E-state index in [-0.39, 0.29) is 34.5 Å². The number of halogens is 3. The standard InChI is InChI=1S/C30H36Cl2FN3O3/c1-3-14-29(15-4-2)30(21-13-8-17(31)16-23(21)35-28(30)39)24(20-6-5-7-22(32)25(20)33)26(36-29)27(38)34-18-9-11-19(37)12-10-18/h5-8,13,16,18-19,24,26,36-37H,3-4,9-12,14-15H2,1-2H3,(H,34,38)(H,35,39). The molecule has 4 N–H and O–H groups in total. The molecular weight excluding hydrogens is 540 g/mol. The summed E-state index contributed by atoms with van der Waals surface area (Å²) in [7, 11) is 0. The summed E-state index contributed by atoms with van der Waals surface area (Å²) in [5, 5.41) is 20.2. The molecule has 0 radical (unpaired) electrons. The molecule has 1 spiro atoms. The number of hydrogen-bond donors (Lipinski definition) is 4. The van der Waals surface area contributed by atoms with Crippen molar-refractivity contribution in [3.8, 4) is 0 Å². The van der Waals surface area contributed by atoms with Crippen LogP contribution in [-0.2, 0) is 15.0 Å². The van der Waals surface area contributed by atoms with Crippen LogP contribution in [-0.4, -0.2) is 40.6 Å². The fourth-order valence-electron chi connectivity index (χ4n) is 7.55. The highest BCUT2D eigenvalue weighted by Gasteiger charge is 2.71. The van der Waals surface area contributed by atoms with E-state index >= 15 is 4.39 Å². The number of anilines is 1. The molecule has 210 valence electrons. The maximum absolute atomic E-state index is 15.9. The third-order valence-corrected chi connectivity index (χ3v) is 9.52. The lowest BCUT2D eigenvalue weighted by Crippen LogP contribution is -2.59. The largest absolute Gasteiger partial charge is 0.393 e. The maximum Gasteiger partial charge on any atom is 0.238 e. The fourth-order valence-corrected chi connectivity index (χ4v) is 7.91. The van der Waals surface area contributed by atoms with Gasteiger partial charge < -0.3 is 15.7 Å². The summed E-state index contributed by atoms with van der Waals surface area (Å²) in [4.78, 5) is 28.5. The smallest absolute Gasteiger partial charge is 0.238 e. The highest BCUT2D eigenvalue weighted by atomic mass is 35.5. The Hall–Kier alpha value is -2.19. The molecule has 3 aliphatic rings. The Morgan fingerprint density at radius 1 is 1.10 bits per heavy atom. The van der Waals surface area contributed by atoms with Crippen molar-refractivity contribution in [2.45, 2.75) is 100 Å². The molecule has 39 heavy (non-hydrogen) atoms. The molecule has 3 atom stereocenters. The van der Waals surface area contributed by atoms with Crippen LogP contribution in [0.15, 0.2) is 36.4 Å². The summed E-state index contributed by atoms with van der Waals surface area (Å²) in [5.74, 6) is -2.03. The van der Waals surface area contributed by atoms with E-state index in [1.54, 1.807) is 24.3 Å². The monoisotopic (exact) mass is 575 g/mol.